The van der Waals surface area contributed by atoms with Crippen molar-refractivity contribution in [2.45, 2.75) is 58.4 Å². The van der Waals surface area contributed by atoms with Crippen LogP contribution in [0.4, 0.5) is 0 Å². The number of pyridine rings is 1. The summed E-state index contributed by atoms with van der Waals surface area (Å²) in [5.41, 5.74) is 2.95. The van der Waals surface area contributed by atoms with E-state index in [1.807, 2.05) is 34.9 Å². The van der Waals surface area contributed by atoms with Gasteiger partial charge in [-0.2, -0.15) is 0 Å². The number of hydrogen-bond donors (Lipinski definition) is 0. The van der Waals surface area contributed by atoms with Gasteiger partial charge in [-0.25, -0.2) is 19.9 Å². The van der Waals surface area contributed by atoms with Crippen LogP contribution in [0.25, 0.3) is 28.6 Å². The van der Waals surface area contributed by atoms with Crippen molar-refractivity contribution in [3.63, 3.8) is 0 Å². The Hall–Kier alpha value is -2.97. The van der Waals surface area contributed by atoms with E-state index in [1.165, 1.54) is 0 Å². The van der Waals surface area contributed by atoms with Crippen LogP contribution in [0.2, 0.25) is 18.1 Å². The molecule has 4 aromatic rings. The average Bonchev–Trinajstić information content (AvgIpc) is 3.27. The van der Waals surface area contributed by atoms with Crippen LogP contribution < -0.4 is 0 Å². The first kappa shape index (κ1) is 22.2. The maximum absolute atomic E-state index is 6.78. The Bertz CT molecular complexity index is 1200. The maximum atomic E-state index is 6.78. The van der Waals surface area contributed by atoms with Gasteiger partial charge in [0, 0.05) is 30.4 Å². The molecular weight excluding hydrogens is 416 g/mol. The van der Waals surface area contributed by atoms with E-state index in [4.69, 9.17) is 14.4 Å². The summed E-state index contributed by atoms with van der Waals surface area (Å²) in [6.07, 6.45) is 9.06. The second kappa shape index (κ2) is 8.88. The number of hydrogen-bond acceptors (Lipinski definition) is 6. The van der Waals surface area contributed by atoms with Crippen molar-refractivity contribution >= 4 is 14.1 Å². The highest BCUT2D eigenvalue weighted by atomic mass is 28.4. The van der Waals surface area contributed by atoms with Gasteiger partial charge in [0.15, 0.2) is 14.1 Å². The van der Waals surface area contributed by atoms with Crippen LogP contribution in [0.15, 0.2) is 55.2 Å². The molecule has 166 valence electrons. The summed E-state index contributed by atoms with van der Waals surface area (Å²) in [7, 11) is -1.78. The van der Waals surface area contributed by atoms with Gasteiger partial charge < -0.3 is 4.43 Å². The van der Waals surface area contributed by atoms with Crippen molar-refractivity contribution in [2.75, 3.05) is 0 Å². The molecule has 0 aliphatic rings. The first-order chi connectivity index (χ1) is 15.4. The van der Waals surface area contributed by atoms with Crippen molar-refractivity contribution in [1.29, 1.82) is 0 Å². The molecular formula is C24H30N6OSi. The topological polar surface area (TPSA) is 78.1 Å². The van der Waals surface area contributed by atoms with Crippen molar-refractivity contribution in [2.24, 2.45) is 0 Å². The predicted octanol–water partition coefficient (Wildman–Crippen LogP) is 5.51. The fourth-order valence-corrected chi connectivity index (χ4v) is 7.21. The summed E-state index contributed by atoms with van der Waals surface area (Å²) < 4.78 is 8.73. The van der Waals surface area contributed by atoms with Gasteiger partial charge in [-0.05, 0) is 56.2 Å². The molecule has 4 rings (SSSR count). The van der Waals surface area contributed by atoms with E-state index in [2.05, 4.69) is 49.6 Å². The lowest BCUT2D eigenvalue weighted by atomic mass is 10.1. The normalized spacial score (nSPS) is 12.4. The molecule has 4 aromatic heterocycles. The van der Waals surface area contributed by atoms with Crippen LogP contribution >= 0.6 is 0 Å². The number of aromatic nitrogens is 6. The quantitative estimate of drug-likeness (QED) is 0.332. The molecule has 0 saturated carbocycles. The Kier molecular flexibility index (Phi) is 6.17. The summed E-state index contributed by atoms with van der Waals surface area (Å²) in [6, 6.07) is 11.0. The molecule has 0 aromatic carbocycles. The van der Waals surface area contributed by atoms with Crippen molar-refractivity contribution in [3.8, 4) is 22.8 Å². The highest BCUT2D eigenvalue weighted by molar-refractivity contribution is 6.73. The summed E-state index contributed by atoms with van der Waals surface area (Å²) in [6.45, 7) is 11.0. The molecule has 0 N–H and O–H groups in total. The SMILES string of the molecule is CC[Si](CC)(CC)OC(C)(C)c1ccn2c(-c3ccnc(-c4cccnc4)n3)cnc2n1. The highest BCUT2D eigenvalue weighted by Gasteiger charge is 2.37. The first-order valence-electron chi connectivity index (χ1n) is 11.2. The molecule has 7 nitrogen and oxygen atoms in total. The summed E-state index contributed by atoms with van der Waals surface area (Å²) in [4.78, 5) is 22.7. The van der Waals surface area contributed by atoms with E-state index in [9.17, 15) is 0 Å². The molecule has 4 heterocycles. The van der Waals surface area contributed by atoms with Crippen LogP contribution in [-0.2, 0) is 10.0 Å². The minimum absolute atomic E-state index is 0.468. The van der Waals surface area contributed by atoms with E-state index in [1.54, 1.807) is 24.8 Å². The highest BCUT2D eigenvalue weighted by Crippen LogP contribution is 2.33. The lowest BCUT2D eigenvalue weighted by Crippen LogP contribution is -2.43. The molecule has 0 aliphatic heterocycles. The van der Waals surface area contributed by atoms with Crippen LogP contribution in [0.5, 0.6) is 0 Å². The molecule has 0 saturated heterocycles. The lowest BCUT2D eigenvalue weighted by Gasteiger charge is -2.37. The van der Waals surface area contributed by atoms with Crippen molar-refractivity contribution < 1.29 is 4.43 Å². The van der Waals surface area contributed by atoms with Crippen LogP contribution in [0.1, 0.15) is 40.3 Å². The minimum Gasteiger partial charge on any atom is -0.406 e. The summed E-state index contributed by atoms with van der Waals surface area (Å²) in [5, 5.41) is 0. The molecule has 32 heavy (non-hydrogen) atoms. The van der Waals surface area contributed by atoms with Gasteiger partial charge in [0.1, 0.15) is 0 Å². The Balaban J connectivity index is 1.68. The van der Waals surface area contributed by atoms with Gasteiger partial charge in [-0.3, -0.25) is 9.38 Å². The number of fused-ring (bicyclic) bond motifs is 1. The molecule has 0 bridgehead atoms. The molecule has 0 radical (unpaired) electrons. The fraction of sp³-hybridized carbons (Fsp3) is 0.375. The molecule has 8 heteroatoms. The molecule has 0 atom stereocenters. The van der Waals surface area contributed by atoms with E-state index >= 15 is 0 Å². The minimum atomic E-state index is -1.78. The number of imidazole rings is 1. The Morgan fingerprint density at radius 2 is 1.72 bits per heavy atom. The predicted molar refractivity (Wildman–Crippen MR) is 129 cm³/mol. The largest absolute Gasteiger partial charge is 0.406 e. The monoisotopic (exact) mass is 446 g/mol. The summed E-state index contributed by atoms with van der Waals surface area (Å²) >= 11 is 0. The average molecular weight is 447 g/mol. The molecule has 0 unspecified atom stereocenters. The van der Waals surface area contributed by atoms with Gasteiger partial charge in [-0.15, -0.1) is 0 Å². The van der Waals surface area contributed by atoms with E-state index in [0.717, 1.165) is 40.8 Å². The van der Waals surface area contributed by atoms with E-state index in [0.29, 0.717) is 11.6 Å². The summed E-state index contributed by atoms with van der Waals surface area (Å²) in [5.74, 6) is 1.26. The van der Waals surface area contributed by atoms with E-state index < -0.39 is 13.9 Å². The van der Waals surface area contributed by atoms with E-state index in [-0.39, 0.29) is 0 Å². The fourth-order valence-electron chi connectivity index (χ4n) is 4.09. The van der Waals surface area contributed by atoms with Gasteiger partial charge in [0.2, 0.25) is 5.78 Å². The van der Waals surface area contributed by atoms with Crippen molar-refractivity contribution in [1.82, 2.24) is 29.3 Å². The smallest absolute Gasteiger partial charge is 0.234 e. The van der Waals surface area contributed by atoms with Gasteiger partial charge >= 0.3 is 0 Å². The second-order valence-corrected chi connectivity index (χ2v) is 13.2. The van der Waals surface area contributed by atoms with Gasteiger partial charge in [-0.1, -0.05) is 20.8 Å². The third-order valence-electron chi connectivity index (χ3n) is 6.24. The van der Waals surface area contributed by atoms with Crippen molar-refractivity contribution in [3.05, 3.63) is 60.9 Å². The molecule has 0 spiro atoms. The van der Waals surface area contributed by atoms with Crippen LogP contribution in [-0.4, -0.2) is 37.6 Å². The Morgan fingerprint density at radius 3 is 2.41 bits per heavy atom. The zero-order valence-corrected chi connectivity index (χ0v) is 20.4. The number of rotatable bonds is 8. The zero-order chi connectivity index (χ0) is 22.8. The second-order valence-electron chi connectivity index (χ2n) is 8.49. The zero-order valence-electron chi connectivity index (χ0n) is 19.4. The number of nitrogens with zero attached hydrogens (tertiary/aromatic N) is 6. The third-order valence-corrected chi connectivity index (χ3v) is 11.0. The molecule has 0 amide bonds. The maximum Gasteiger partial charge on any atom is 0.234 e. The van der Waals surface area contributed by atoms with Gasteiger partial charge in [0.25, 0.3) is 0 Å². The first-order valence-corrected chi connectivity index (χ1v) is 13.7. The van der Waals surface area contributed by atoms with Crippen LogP contribution in [0.3, 0.4) is 0 Å². The standard InChI is InChI=1S/C24H30N6OSi/c1-6-32(7-2,8-3)31-24(4,5)21-12-15-30-20(17-27-23(30)29-21)19-11-14-26-22(28-19)18-10-9-13-25-16-18/h9-17H,6-8H2,1-5H3. The molecule has 0 aliphatic carbocycles. The van der Waals surface area contributed by atoms with Crippen LogP contribution in [0, 0.1) is 0 Å². The third kappa shape index (κ3) is 4.20. The lowest BCUT2D eigenvalue weighted by molar-refractivity contribution is 0.0894. The molecule has 0 fully saturated rings. The van der Waals surface area contributed by atoms with Gasteiger partial charge in [0.05, 0.1) is 28.9 Å². The Labute approximate surface area is 190 Å². The Morgan fingerprint density at radius 1 is 0.938 bits per heavy atom.